The Kier molecular flexibility index (Phi) is 5.50. The second-order valence-corrected chi connectivity index (χ2v) is 6.50. The third-order valence-electron chi connectivity index (χ3n) is 4.75. The molecule has 1 aromatic rings. The topological polar surface area (TPSA) is 59.4 Å². The van der Waals surface area contributed by atoms with Crippen LogP contribution in [-0.2, 0) is 6.54 Å². The lowest BCUT2D eigenvalue weighted by Gasteiger charge is -2.35. The normalized spacial score (nSPS) is 21.3. The minimum atomic E-state index is 0.0772. The van der Waals surface area contributed by atoms with Gasteiger partial charge in [-0.25, -0.2) is 4.79 Å². The molecule has 1 saturated heterocycles. The smallest absolute Gasteiger partial charge is 0.317 e. The molecule has 0 bridgehead atoms. The van der Waals surface area contributed by atoms with Gasteiger partial charge in [-0.1, -0.05) is 24.3 Å². The number of piperazine rings is 1. The highest BCUT2D eigenvalue weighted by atomic mass is 16.2. The number of amides is 2. The van der Waals surface area contributed by atoms with Crippen LogP contribution >= 0.6 is 0 Å². The fourth-order valence-electron chi connectivity index (χ4n) is 3.24. The van der Waals surface area contributed by atoms with Crippen LogP contribution in [0.25, 0.3) is 0 Å². The zero-order valence-electron chi connectivity index (χ0n) is 13.9. The first-order valence-electron chi connectivity index (χ1n) is 8.66. The largest absolute Gasteiger partial charge is 0.335 e. The molecule has 5 nitrogen and oxygen atoms in total. The average molecular weight is 324 g/mol. The lowest BCUT2D eigenvalue weighted by Crippen LogP contribution is -2.53. The predicted octanol–water partition coefficient (Wildman–Crippen LogP) is 2.49. The molecule has 1 aliphatic heterocycles. The number of carbonyl (C=O) groups excluding carboxylic acids is 1. The van der Waals surface area contributed by atoms with E-state index in [1.807, 2.05) is 29.2 Å². The van der Waals surface area contributed by atoms with Gasteiger partial charge in [0.25, 0.3) is 0 Å². The highest BCUT2D eigenvalue weighted by molar-refractivity contribution is 5.74. The monoisotopic (exact) mass is 324 g/mol. The van der Waals surface area contributed by atoms with E-state index in [9.17, 15) is 4.79 Å². The number of nitrogens with one attached hydrogen (secondary N) is 1. The molecule has 1 heterocycles. The fourth-order valence-corrected chi connectivity index (χ4v) is 3.24. The fraction of sp³-hybridized carbons (Fsp3) is 0.474. The van der Waals surface area contributed by atoms with E-state index in [1.54, 1.807) is 0 Å². The molecule has 24 heavy (non-hydrogen) atoms. The van der Waals surface area contributed by atoms with Gasteiger partial charge in [0.1, 0.15) is 0 Å². The summed E-state index contributed by atoms with van der Waals surface area (Å²) in [5, 5.41) is 12.0. The zero-order chi connectivity index (χ0) is 16.8. The first-order chi connectivity index (χ1) is 11.7. The second kappa shape index (κ2) is 7.98. The molecule has 2 amide bonds. The van der Waals surface area contributed by atoms with Crippen LogP contribution in [0.3, 0.4) is 0 Å². The Morgan fingerprint density at radius 3 is 2.54 bits per heavy atom. The van der Waals surface area contributed by atoms with Crippen molar-refractivity contribution in [3.63, 3.8) is 0 Å². The Hall–Kier alpha value is -2.32. The number of hydrogen-bond donors (Lipinski definition) is 1. The molecule has 0 saturated carbocycles. The van der Waals surface area contributed by atoms with Gasteiger partial charge in [0.15, 0.2) is 0 Å². The number of nitrogens with zero attached hydrogens (tertiary/aromatic N) is 3. The number of urea groups is 1. The Morgan fingerprint density at radius 1 is 1.17 bits per heavy atom. The first kappa shape index (κ1) is 16.5. The number of hydrogen-bond acceptors (Lipinski definition) is 3. The molecule has 1 aromatic carbocycles. The van der Waals surface area contributed by atoms with Crippen LogP contribution in [0.1, 0.15) is 30.4 Å². The van der Waals surface area contributed by atoms with E-state index < -0.39 is 0 Å². The summed E-state index contributed by atoms with van der Waals surface area (Å²) in [5.41, 5.74) is 1.90. The molecular weight excluding hydrogens is 300 g/mol. The average Bonchev–Trinajstić information content (AvgIpc) is 2.64. The lowest BCUT2D eigenvalue weighted by atomic mass is 10.0. The van der Waals surface area contributed by atoms with Crippen molar-refractivity contribution in [1.29, 1.82) is 5.26 Å². The highest BCUT2D eigenvalue weighted by Crippen LogP contribution is 2.13. The van der Waals surface area contributed by atoms with E-state index in [0.717, 1.165) is 52.0 Å². The van der Waals surface area contributed by atoms with Crippen molar-refractivity contribution in [3.8, 4) is 6.07 Å². The quantitative estimate of drug-likeness (QED) is 0.869. The van der Waals surface area contributed by atoms with Crippen molar-refractivity contribution >= 4 is 6.03 Å². The van der Waals surface area contributed by atoms with E-state index in [4.69, 9.17) is 5.26 Å². The Labute approximate surface area is 143 Å². The highest BCUT2D eigenvalue weighted by Gasteiger charge is 2.23. The van der Waals surface area contributed by atoms with Gasteiger partial charge in [0, 0.05) is 38.8 Å². The van der Waals surface area contributed by atoms with Crippen LogP contribution in [-0.4, -0.2) is 48.1 Å². The zero-order valence-corrected chi connectivity index (χ0v) is 13.9. The van der Waals surface area contributed by atoms with Crippen molar-refractivity contribution in [2.75, 3.05) is 26.2 Å². The minimum Gasteiger partial charge on any atom is -0.335 e. The van der Waals surface area contributed by atoms with Gasteiger partial charge < -0.3 is 10.2 Å². The maximum Gasteiger partial charge on any atom is 0.317 e. The first-order valence-corrected chi connectivity index (χ1v) is 8.66. The summed E-state index contributed by atoms with van der Waals surface area (Å²) in [6, 6.07) is 10.2. The van der Waals surface area contributed by atoms with Crippen molar-refractivity contribution < 1.29 is 4.79 Å². The van der Waals surface area contributed by atoms with Gasteiger partial charge >= 0.3 is 6.03 Å². The summed E-state index contributed by atoms with van der Waals surface area (Å²) in [4.78, 5) is 16.6. The molecule has 0 aromatic heterocycles. The molecular formula is C19H24N4O. The summed E-state index contributed by atoms with van der Waals surface area (Å²) in [6.45, 7) is 4.18. The number of allylic oxidation sites excluding steroid dienone is 1. The van der Waals surface area contributed by atoms with Crippen LogP contribution < -0.4 is 5.32 Å². The number of nitriles is 1. The van der Waals surface area contributed by atoms with Gasteiger partial charge in [-0.15, -0.1) is 0 Å². The van der Waals surface area contributed by atoms with E-state index in [1.165, 1.54) is 5.56 Å². The molecule has 0 radical (unpaired) electrons. The predicted molar refractivity (Wildman–Crippen MR) is 93.3 cm³/mol. The van der Waals surface area contributed by atoms with Gasteiger partial charge in [0.05, 0.1) is 11.6 Å². The Balaban J connectivity index is 1.44. The standard InChI is InChI=1S/C19H24N4O/c20-14-16-6-8-17(9-7-16)15-22-10-12-23(13-11-22)19(24)21-18-4-2-1-3-5-18/h1-2,6-9,18H,3-5,10-13,15H2,(H,21,24). The van der Waals surface area contributed by atoms with E-state index in [0.29, 0.717) is 11.6 Å². The van der Waals surface area contributed by atoms with E-state index >= 15 is 0 Å². The molecule has 126 valence electrons. The molecule has 1 unspecified atom stereocenters. The summed E-state index contributed by atoms with van der Waals surface area (Å²) >= 11 is 0. The lowest BCUT2D eigenvalue weighted by molar-refractivity contribution is 0.133. The van der Waals surface area contributed by atoms with E-state index in [-0.39, 0.29) is 6.03 Å². The van der Waals surface area contributed by atoms with E-state index in [2.05, 4.69) is 28.4 Å². The van der Waals surface area contributed by atoms with Crippen molar-refractivity contribution in [2.24, 2.45) is 0 Å². The van der Waals surface area contributed by atoms with Crippen LogP contribution in [0.15, 0.2) is 36.4 Å². The molecule has 1 aliphatic carbocycles. The van der Waals surface area contributed by atoms with Crippen LogP contribution in [0.2, 0.25) is 0 Å². The SMILES string of the molecule is N#Cc1ccc(CN2CCN(C(=O)NC3CC=CCC3)CC2)cc1. The van der Waals surface area contributed by atoms with Crippen LogP contribution in [0, 0.1) is 11.3 Å². The number of benzene rings is 1. The molecule has 1 N–H and O–H groups in total. The van der Waals surface area contributed by atoms with Crippen molar-refractivity contribution in [1.82, 2.24) is 15.1 Å². The van der Waals surface area contributed by atoms with Gasteiger partial charge in [-0.2, -0.15) is 5.26 Å². The van der Waals surface area contributed by atoms with Crippen molar-refractivity contribution in [2.45, 2.75) is 31.8 Å². The van der Waals surface area contributed by atoms with Crippen molar-refractivity contribution in [3.05, 3.63) is 47.5 Å². The number of rotatable bonds is 3. The van der Waals surface area contributed by atoms with Gasteiger partial charge in [0.2, 0.25) is 0 Å². The maximum absolute atomic E-state index is 12.3. The molecule has 0 spiro atoms. The van der Waals surface area contributed by atoms with Gasteiger partial charge in [-0.3, -0.25) is 4.90 Å². The Morgan fingerprint density at radius 2 is 1.92 bits per heavy atom. The third kappa shape index (κ3) is 4.36. The molecule has 5 heteroatoms. The van der Waals surface area contributed by atoms with Gasteiger partial charge in [-0.05, 0) is 37.0 Å². The second-order valence-electron chi connectivity index (χ2n) is 6.50. The van der Waals surface area contributed by atoms with Crippen LogP contribution in [0.4, 0.5) is 4.79 Å². The molecule has 1 fully saturated rings. The summed E-state index contributed by atoms with van der Waals surface area (Å²) < 4.78 is 0. The molecule has 1 atom stereocenters. The minimum absolute atomic E-state index is 0.0772. The van der Waals surface area contributed by atoms with Crippen LogP contribution in [0.5, 0.6) is 0 Å². The summed E-state index contributed by atoms with van der Waals surface area (Å²) in [7, 11) is 0. The molecule has 2 aliphatic rings. The number of carbonyl (C=O) groups is 1. The summed E-state index contributed by atoms with van der Waals surface area (Å²) in [6.07, 6.45) is 7.39. The maximum atomic E-state index is 12.3. The third-order valence-corrected chi connectivity index (χ3v) is 4.75. The molecule has 3 rings (SSSR count). The summed E-state index contributed by atoms with van der Waals surface area (Å²) in [5.74, 6) is 0. The Bertz CT molecular complexity index is 624.